The molecule has 0 saturated heterocycles. The maximum Gasteiger partial charge on any atom is 0.165 e. The molecule has 0 atom stereocenters. The van der Waals surface area contributed by atoms with Crippen LogP contribution in [0.3, 0.4) is 0 Å². The number of hydrogen-bond acceptors (Lipinski definition) is 4. The molecule has 0 aliphatic rings. The van der Waals surface area contributed by atoms with Crippen molar-refractivity contribution in [2.24, 2.45) is 13.0 Å². The largest absolute Gasteiger partial charge is 0.373 e. The number of nitrogens with one attached hydrogen (secondary N) is 1. The molecule has 5 heteroatoms. The number of nitrogens with zero attached hydrogens (tertiary/aromatic N) is 4. The highest BCUT2D eigenvalue weighted by Crippen LogP contribution is 2.22. The molecule has 0 aromatic carbocycles. The van der Waals surface area contributed by atoms with Crippen molar-refractivity contribution in [1.82, 2.24) is 19.7 Å². The summed E-state index contributed by atoms with van der Waals surface area (Å²) in [4.78, 5) is 9.29. The van der Waals surface area contributed by atoms with E-state index >= 15 is 0 Å². The molecule has 2 heterocycles. The van der Waals surface area contributed by atoms with Crippen LogP contribution in [-0.4, -0.2) is 26.8 Å². The van der Waals surface area contributed by atoms with Gasteiger partial charge in [-0.3, -0.25) is 4.68 Å². The highest BCUT2D eigenvalue weighted by molar-refractivity contribution is 5.59. The van der Waals surface area contributed by atoms with E-state index in [0.29, 0.717) is 5.92 Å². The van der Waals surface area contributed by atoms with Crippen LogP contribution < -0.4 is 5.32 Å². The second-order valence-corrected chi connectivity index (χ2v) is 5.43. The van der Waals surface area contributed by atoms with Gasteiger partial charge >= 0.3 is 0 Å². The van der Waals surface area contributed by atoms with Crippen LogP contribution in [0.1, 0.15) is 32.2 Å². The molecular formula is C15H23N5. The van der Waals surface area contributed by atoms with Crippen LogP contribution in [-0.2, 0) is 19.9 Å². The Kier molecular flexibility index (Phi) is 4.37. The molecule has 0 spiro atoms. The van der Waals surface area contributed by atoms with Crippen LogP contribution >= 0.6 is 0 Å². The molecule has 1 N–H and O–H groups in total. The predicted molar refractivity (Wildman–Crippen MR) is 81.7 cm³/mol. The molecule has 5 nitrogen and oxygen atoms in total. The summed E-state index contributed by atoms with van der Waals surface area (Å²) >= 11 is 0. The Balaban J connectivity index is 2.49. The van der Waals surface area contributed by atoms with Crippen molar-refractivity contribution in [3.63, 3.8) is 0 Å². The van der Waals surface area contributed by atoms with Crippen molar-refractivity contribution < 1.29 is 0 Å². The molecule has 0 radical (unpaired) electrons. The van der Waals surface area contributed by atoms with Crippen molar-refractivity contribution in [1.29, 1.82) is 0 Å². The van der Waals surface area contributed by atoms with E-state index in [2.05, 4.69) is 36.2 Å². The first-order valence-corrected chi connectivity index (χ1v) is 7.12. The molecular weight excluding hydrogens is 250 g/mol. The van der Waals surface area contributed by atoms with Crippen LogP contribution in [0.2, 0.25) is 0 Å². The van der Waals surface area contributed by atoms with E-state index in [1.165, 1.54) is 0 Å². The zero-order valence-corrected chi connectivity index (χ0v) is 12.9. The Morgan fingerprint density at radius 1 is 1.30 bits per heavy atom. The fourth-order valence-corrected chi connectivity index (χ4v) is 2.25. The van der Waals surface area contributed by atoms with Gasteiger partial charge in [-0.1, -0.05) is 20.8 Å². The van der Waals surface area contributed by atoms with Crippen LogP contribution in [0.5, 0.6) is 0 Å². The highest BCUT2D eigenvalue weighted by Gasteiger charge is 2.13. The summed E-state index contributed by atoms with van der Waals surface area (Å²) in [6.45, 7) is 6.49. The van der Waals surface area contributed by atoms with E-state index in [1.54, 1.807) is 0 Å². The Morgan fingerprint density at radius 2 is 2.05 bits per heavy atom. The molecule has 0 saturated carbocycles. The maximum absolute atomic E-state index is 4.71. The quantitative estimate of drug-likeness (QED) is 0.910. The van der Waals surface area contributed by atoms with Crippen molar-refractivity contribution in [3.05, 3.63) is 23.7 Å². The SMILES string of the molecule is CCc1nn(C)cc1-c1nc(CC(C)C)cc(NC)n1. The summed E-state index contributed by atoms with van der Waals surface area (Å²) in [6, 6.07) is 2.02. The molecule has 0 unspecified atom stereocenters. The Morgan fingerprint density at radius 3 is 2.65 bits per heavy atom. The van der Waals surface area contributed by atoms with Gasteiger partial charge in [0, 0.05) is 32.1 Å². The molecule has 0 aliphatic carbocycles. The molecule has 2 aromatic rings. The van der Waals surface area contributed by atoms with E-state index in [9.17, 15) is 0 Å². The molecule has 0 bridgehead atoms. The van der Waals surface area contributed by atoms with Crippen molar-refractivity contribution >= 4 is 5.82 Å². The van der Waals surface area contributed by atoms with Gasteiger partial charge in [-0.25, -0.2) is 9.97 Å². The van der Waals surface area contributed by atoms with Gasteiger partial charge in [-0.2, -0.15) is 5.10 Å². The zero-order valence-electron chi connectivity index (χ0n) is 12.9. The first-order valence-electron chi connectivity index (χ1n) is 7.12. The number of anilines is 1. The molecule has 2 rings (SSSR count). The average Bonchev–Trinajstić information content (AvgIpc) is 2.78. The fraction of sp³-hybridized carbons (Fsp3) is 0.533. The standard InChI is InChI=1S/C15H23N5/c1-6-13-12(9-20(5)19-13)15-17-11(7-10(2)3)8-14(16-4)18-15/h8-10H,6-7H2,1-5H3,(H,16,17,18). The van der Waals surface area contributed by atoms with Crippen LogP contribution in [0.25, 0.3) is 11.4 Å². The monoisotopic (exact) mass is 273 g/mol. The lowest BCUT2D eigenvalue weighted by molar-refractivity contribution is 0.635. The number of hydrogen-bond donors (Lipinski definition) is 1. The van der Waals surface area contributed by atoms with Gasteiger partial charge < -0.3 is 5.32 Å². The smallest absolute Gasteiger partial charge is 0.165 e. The van der Waals surface area contributed by atoms with E-state index in [1.807, 2.05) is 31.0 Å². The molecule has 20 heavy (non-hydrogen) atoms. The first kappa shape index (κ1) is 14.5. The summed E-state index contributed by atoms with van der Waals surface area (Å²) in [6.07, 6.45) is 3.82. The number of aryl methyl sites for hydroxylation is 2. The molecule has 108 valence electrons. The van der Waals surface area contributed by atoms with Gasteiger partial charge in [0.05, 0.1) is 11.3 Å². The van der Waals surface area contributed by atoms with Gasteiger partial charge in [-0.15, -0.1) is 0 Å². The van der Waals surface area contributed by atoms with Crippen molar-refractivity contribution in [3.8, 4) is 11.4 Å². The van der Waals surface area contributed by atoms with Gasteiger partial charge in [-0.05, 0) is 18.8 Å². The molecule has 0 fully saturated rings. The van der Waals surface area contributed by atoms with Gasteiger partial charge in [0.25, 0.3) is 0 Å². The minimum absolute atomic E-state index is 0.571. The normalized spacial score (nSPS) is 11.1. The van der Waals surface area contributed by atoms with Gasteiger partial charge in [0.2, 0.25) is 0 Å². The fourth-order valence-electron chi connectivity index (χ4n) is 2.25. The van der Waals surface area contributed by atoms with Crippen molar-refractivity contribution in [2.75, 3.05) is 12.4 Å². The number of aromatic nitrogens is 4. The minimum Gasteiger partial charge on any atom is -0.373 e. The maximum atomic E-state index is 4.71. The second kappa shape index (κ2) is 6.03. The Bertz CT molecular complexity index is 586. The van der Waals surface area contributed by atoms with E-state index in [-0.39, 0.29) is 0 Å². The molecule has 2 aromatic heterocycles. The second-order valence-electron chi connectivity index (χ2n) is 5.43. The summed E-state index contributed by atoms with van der Waals surface area (Å²) in [7, 11) is 3.81. The summed E-state index contributed by atoms with van der Waals surface area (Å²) in [5.41, 5.74) is 3.13. The van der Waals surface area contributed by atoms with Crippen LogP contribution in [0.4, 0.5) is 5.82 Å². The lowest BCUT2D eigenvalue weighted by Gasteiger charge is -2.09. The lowest BCUT2D eigenvalue weighted by atomic mass is 10.1. The summed E-state index contributed by atoms with van der Waals surface area (Å²) < 4.78 is 1.83. The third-order valence-corrected chi connectivity index (χ3v) is 3.13. The number of rotatable bonds is 5. The predicted octanol–water partition coefficient (Wildman–Crippen LogP) is 2.68. The summed E-state index contributed by atoms with van der Waals surface area (Å²) in [5, 5.41) is 7.58. The lowest BCUT2D eigenvalue weighted by Crippen LogP contribution is -2.04. The average molecular weight is 273 g/mol. The summed E-state index contributed by atoms with van der Waals surface area (Å²) in [5.74, 6) is 2.19. The van der Waals surface area contributed by atoms with E-state index < -0.39 is 0 Å². The van der Waals surface area contributed by atoms with Crippen LogP contribution in [0.15, 0.2) is 12.3 Å². The van der Waals surface area contributed by atoms with Crippen molar-refractivity contribution in [2.45, 2.75) is 33.6 Å². The third-order valence-electron chi connectivity index (χ3n) is 3.13. The van der Waals surface area contributed by atoms with Crippen LogP contribution in [0, 0.1) is 5.92 Å². The van der Waals surface area contributed by atoms with E-state index in [4.69, 9.17) is 4.98 Å². The zero-order chi connectivity index (χ0) is 14.7. The highest BCUT2D eigenvalue weighted by atomic mass is 15.3. The third kappa shape index (κ3) is 3.15. The minimum atomic E-state index is 0.571. The first-order chi connectivity index (χ1) is 9.53. The van der Waals surface area contributed by atoms with E-state index in [0.717, 1.165) is 41.4 Å². The molecule has 0 aliphatic heterocycles. The van der Waals surface area contributed by atoms with Gasteiger partial charge in [0.1, 0.15) is 5.82 Å². The Hall–Kier alpha value is -1.91. The molecule has 0 amide bonds. The van der Waals surface area contributed by atoms with Gasteiger partial charge in [0.15, 0.2) is 5.82 Å². The topological polar surface area (TPSA) is 55.6 Å². The Labute approximate surface area is 120 Å².